The van der Waals surface area contributed by atoms with E-state index in [1.807, 2.05) is 0 Å². The zero-order chi connectivity index (χ0) is 6.57. The molecule has 1 unspecified atom stereocenters. The van der Waals surface area contributed by atoms with E-state index in [0.29, 0.717) is 5.92 Å². The smallest absolute Gasteiger partial charge is 0.0752 e. The molecule has 0 saturated heterocycles. The van der Waals surface area contributed by atoms with Crippen LogP contribution < -0.4 is 0 Å². The normalized spacial score (nSPS) is 12.2. The van der Waals surface area contributed by atoms with E-state index in [-0.39, 0.29) is 0 Å². The molecule has 8 heavy (non-hydrogen) atoms. The molecule has 0 spiro atoms. The maximum absolute atomic E-state index is 10.5. The molecule has 0 radical (unpaired) electrons. The van der Waals surface area contributed by atoms with Crippen LogP contribution >= 0.6 is 7.80 Å². The third kappa shape index (κ3) is 6.10. The van der Waals surface area contributed by atoms with E-state index in [9.17, 15) is 4.57 Å². The first kappa shape index (κ1) is 8.10. The van der Waals surface area contributed by atoms with Gasteiger partial charge in [0.1, 0.15) is 12.8 Å². The second-order valence-electron chi connectivity index (χ2n) is 2.53. The molecule has 0 aliphatic carbocycles. The van der Waals surface area contributed by atoms with E-state index in [2.05, 4.69) is 13.8 Å². The largest absolute Gasteiger partial charge is 0.335 e. The summed E-state index contributed by atoms with van der Waals surface area (Å²) in [7, 11) is -0.883. The Morgan fingerprint density at radius 3 is 2.12 bits per heavy atom. The second-order valence-corrected chi connectivity index (χ2v) is 4.24. The molecule has 0 aromatic heterocycles. The molecule has 0 fully saturated rings. The lowest BCUT2D eigenvalue weighted by Gasteiger charge is -1.93. The van der Waals surface area contributed by atoms with Crippen molar-refractivity contribution in [1.29, 1.82) is 0 Å². The van der Waals surface area contributed by atoms with Crippen LogP contribution in [0, 0.1) is 5.92 Å². The zero-order valence-electron chi connectivity index (χ0n) is 5.85. The average molecular weight is 133 g/mol. The Labute approximate surface area is 52.3 Å². The molecule has 0 aliphatic rings. The van der Waals surface area contributed by atoms with Crippen LogP contribution in [0.3, 0.4) is 0 Å². The van der Waals surface area contributed by atoms with Crippen LogP contribution in [0.25, 0.3) is 0 Å². The average Bonchev–Trinajstić information content (AvgIpc) is 1.61. The highest BCUT2D eigenvalue weighted by Gasteiger charge is 2.05. The predicted molar refractivity (Wildman–Crippen MR) is 37.9 cm³/mol. The Kier molecular flexibility index (Phi) is 4.08. The molecule has 0 aliphatic heterocycles. The van der Waals surface area contributed by atoms with E-state index in [0.717, 1.165) is 12.6 Å². The molecule has 1 atom stereocenters. The standard InChI is InChI=1S/C6H14OP/c1-6(2)4-5-8(3)7/h6H,4-5H2,1-3H3/q+1. The lowest BCUT2D eigenvalue weighted by atomic mass is 10.2. The zero-order valence-corrected chi connectivity index (χ0v) is 6.74. The van der Waals surface area contributed by atoms with Gasteiger partial charge in [0.2, 0.25) is 0 Å². The third-order valence-corrected chi connectivity index (χ3v) is 1.91. The lowest BCUT2D eigenvalue weighted by Crippen LogP contribution is -1.87. The predicted octanol–water partition coefficient (Wildman–Crippen LogP) is 2.49. The quantitative estimate of drug-likeness (QED) is 0.540. The minimum atomic E-state index is -0.883. The van der Waals surface area contributed by atoms with Crippen LogP contribution in [-0.2, 0) is 4.57 Å². The summed E-state index contributed by atoms with van der Waals surface area (Å²) in [5.41, 5.74) is 0. The maximum atomic E-state index is 10.5. The van der Waals surface area contributed by atoms with Crippen molar-refractivity contribution in [3.05, 3.63) is 0 Å². The SMILES string of the molecule is CC(C)CC[P+](C)=O. The van der Waals surface area contributed by atoms with Gasteiger partial charge in [-0.2, -0.15) is 0 Å². The minimum absolute atomic E-state index is 0.703. The van der Waals surface area contributed by atoms with Gasteiger partial charge in [0.15, 0.2) is 0 Å². The molecule has 2 heteroatoms. The fourth-order valence-electron chi connectivity index (χ4n) is 0.440. The van der Waals surface area contributed by atoms with Gasteiger partial charge in [0, 0.05) is 0 Å². The van der Waals surface area contributed by atoms with E-state index >= 15 is 0 Å². The van der Waals surface area contributed by atoms with Crippen LogP contribution in [0.15, 0.2) is 0 Å². The highest BCUT2D eigenvalue weighted by atomic mass is 31.1. The summed E-state index contributed by atoms with van der Waals surface area (Å²) < 4.78 is 10.5. The van der Waals surface area contributed by atoms with Crippen molar-refractivity contribution in [2.45, 2.75) is 20.3 Å². The molecule has 0 saturated carbocycles. The molecule has 48 valence electrons. The molecule has 0 aromatic carbocycles. The van der Waals surface area contributed by atoms with E-state index in [4.69, 9.17) is 0 Å². The first-order chi connectivity index (χ1) is 3.63. The van der Waals surface area contributed by atoms with Gasteiger partial charge in [0.05, 0.1) is 0 Å². The van der Waals surface area contributed by atoms with Gasteiger partial charge in [-0.1, -0.05) is 18.4 Å². The summed E-state index contributed by atoms with van der Waals surface area (Å²) in [6, 6.07) is 0. The van der Waals surface area contributed by atoms with Crippen molar-refractivity contribution >= 4 is 7.80 Å². The maximum Gasteiger partial charge on any atom is 0.335 e. The molecule has 0 aromatic rings. The summed E-state index contributed by atoms with van der Waals surface area (Å²) in [6.07, 6.45) is 2.00. The summed E-state index contributed by atoms with van der Waals surface area (Å²) in [6.45, 7) is 6.09. The highest BCUT2D eigenvalue weighted by molar-refractivity contribution is 7.43. The van der Waals surface area contributed by atoms with Gasteiger partial charge in [0.25, 0.3) is 0 Å². The number of hydrogen-bond acceptors (Lipinski definition) is 1. The fraction of sp³-hybridized carbons (Fsp3) is 1.00. The molecule has 0 rings (SSSR count). The Morgan fingerprint density at radius 2 is 2.00 bits per heavy atom. The summed E-state index contributed by atoms with van der Waals surface area (Å²) in [5.74, 6) is 0.703. The van der Waals surface area contributed by atoms with E-state index in [1.54, 1.807) is 6.66 Å². The van der Waals surface area contributed by atoms with Crippen molar-refractivity contribution in [2.75, 3.05) is 12.8 Å². The Morgan fingerprint density at radius 1 is 1.50 bits per heavy atom. The van der Waals surface area contributed by atoms with Crippen LogP contribution in [0.4, 0.5) is 0 Å². The van der Waals surface area contributed by atoms with Crippen LogP contribution in [0.1, 0.15) is 20.3 Å². The summed E-state index contributed by atoms with van der Waals surface area (Å²) >= 11 is 0. The second kappa shape index (κ2) is 4.03. The molecular formula is C6H14OP+. The molecule has 0 N–H and O–H groups in total. The Hall–Kier alpha value is 0.100. The first-order valence-electron chi connectivity index (χ1n) is 3.01. The number of hydrogen-bond donors (Lipinski definition) is 0. The molecule has 0 amide bonds. The van der Waals surface area contributed by atoms with Crippen LogP contribution in [-0.4, -0.2) is 12.8 Å². The molecule has 0 bridgehead atoms. The Balaban J connectivity index is 3.05. The fourth-order valence-corrected chi connectivity index (χ4v) is 1.32. The van der Waals surface area contributed by atoms with Crippen molar-refractivity contribution in [3.8, 4) is 0 Å². The van der Waals surface area contributed by atoms with Crippen molar-refractivity contribution < 1.29 is 4.57 Å². The molecule has 0 heterocycles. The summed E-state index contributed by atoms with van der Waals surface area (Å²) in [5, 5.41) is 0. The first-order valence-corrected chi connectivity index (χ1v) is 4.90. The number of rotatable bonds is 3. The summed E-state index contributed by atoms with van der Waals surface area (Å²) in [4.78, 5) is 0. The van der Waals surface area contributed by atoms with Crippen molar-refractivity contribution in [3.63, 3.8) is 0 Å². The monoisotopic (exact) mass is 133 g/mol. The lowest BCUT2D eigenvalue weighted by molar-refractivity contribution is 0.577. The van der Waals surface area contributed by atoms with Gasteiger partial charge in [-0.05, 0) is 12.3 Å². The highest BCUT2D eigenvalue weighted by Crippen LogP contribution is 2.17. The van der Waals surface area contributed by atoms with Crippen molar-refractivity contribution in [1.82, 2.24) is 0 Å². The van der Waals surface area contributed by atoms with Gasteiger partial charge in [-0.15, -0.1) is 0 Å². The molecular weight excluding hydrogens is 119 g/mol. The topological polar surface area (TPSA) is 17.1 Å². The van der Waals surface area contributed by atoms with Crippen LogP contribution in [0.5, 0.6) is 0 Å². The van der Waals surface area contributed by atoms with E-state index in [1.165, 1.54) is 0 Å². The van der Waals surface area contributed by atoms with Gasteiger partial charge in [-0.25, -0.2) is 0 Å². The molecule has 1 nitrogen and oxygen atoms in total. The van der Waals surface area contributed by atoms with Gasteiger partial charge >= 0.3 is 7.80 Å². The minimum Gasteiger partial charge on any atom is -0.0752 e. The Bertz CT molecular complexity index is 78.6. The van der Waals surface area contributed by atoms with Crippen LogP contribution in [0.2, 0.25) is 0 Å². The van der Waals surface area contributed by atoms with Crippen molar-refractivity contribution in [2.24, 2.45) is 5.92 Å². The van der Waals surface area contributed by atoms with E-state index < -0.39 is 7.80 Å². The third-order valence-electron chi connectivity index (χ3n) is 1.02. The van der Waals surface area contributed by atoms with Gasteiger partial charge in [-0.3, -0.25) is 0 Å². The van der Waals surface area contributed by atoms with Gasteiger partial charge < -0.3 is 0 Å².